The van der Waals surface area contributed by atoms with E-state index in [1.54, 1.807) is 0 Å². The van der Waals surface area contributed by atoms with Gasteiger partial charge in [-0.05, 0) is 44.6 Å². The number of aliphatic carboxylic acids is 1. The maximum Gasteiger partial charge on any atom is 0.306 e. The highest BCUT2D eigenvalue weighted by molar-refractivity contribution is 5.69. The number of unbranched alkanes of at least 4 members (excludes halogenated alkanes) is 28. The molecule has 0 amide bonds. The molecule has 0 aromatic heterocycles. The van der Waals surface area contributed by atoms with Gasteiger partial charge in [-0.15, -0.1) is 0 Å². The fourth-order valence-corrected chi connectivity index (χ4v) is 6.47. The van der Waals surface area contributed by atoms with Crippen molar-refractivity contribution in [1.29, 1.82) is 0 Å². The van der Waals surface area contributed by atoms with Crippen molar-refractivity contribution in [1.82, 2.24) is 0 Å². The predicted octanol–water partition coefficient (Wildman–Crippen LogP) is 14.8. The third-order valence-corrected chi connectivity index (χ3v) is 9.66. The van der Waals surface area contributed by atoms with Crippen LogP contribution in [0.15, 0.2) is 24.3 Å². The van der Waals surface area contributed by atoms with E-state index in [-0.39, 0.29) is 18.5 Å². The van der Waals surface area contributed by atoms with Crippen LogP contribution in [0.3, 0.4) is 0 Å². The molecule has 0 saturated heterocycles. The molecule has 4 nitrogen and oxygen atoms in total. The Morgan fingerprint density at radius 1 is 0.479 bits per heavy atom. The van der Waals surface area contributed by atoms with Crippen molar-refractivity contribution in [3.63, 3.8) is 0 Å². The van der Waals surface area contributed by atoms with Gasteiger partial charge in [0.05, 0.1) is 0 Å². The zero-order valence-electron chi connectivity index (χ0n) is 32.3. The number of ether oxygens (including phenoxy) is 1. The van der Waals surface area contributed by atoms with Crippen molar-refractivity contribution in [2.75, 3.05) is 0 Å². The Labute approximate surface area is 299 Å². The molecule has 0 aliphatic carbocycles. The Bertz CT molecular complexity index is 727. The van der Waals surface area contributed by atoms with Crippen LogP contribution >= 0.6 is 0 Å². The Kier molecular flexibility index (Phi) is 38.5. The topological polar surface area (TPSA) is 63.6 Å². The van der Waals surface area contributed by atoms with Gasteiger partial charge in [0.2, 0.25) is 0 Å². The molecule has 4 heteroatoms. The summed E-state index contributed by atoms with van der Waals surface area (Å²) >= 11 is 0. The van der Waals surface area contributed by atoms with Gasteiger partial charge < -0.3 is 9.84 Å². The molecule has 0 bridgehead atoms. The lowest BCUT2D eigenvalue weighted by atomic mass is 10.0. The second-order valence-corrected chi connectivity index (χ2v) is 14.5. The summed E-state index contributed by atoms with van der Waals surface area (Å²) in [6.07, 6.45) is 51.0. The highest BCUT2D eigenvalue weighted by Gasteiger charge is 2.11. The monoisotopic (exact) mass is 675 g/mol. The minimum Gasteiger partial charge on any atom is -0.481 e. The van der Waals surface area contributed by atoms with Gasteiger partial charge in [0.1, 0.15) is 6.10 Å². The standard InChI is InChI=1S/C44H82O4/c1-3-5-7-9-11-12-13-14-15-16-17-18-19-20-21-22-23-24-25-26-27-29-31-37-41-44(47)48-42(38-34-30-28-10-8-6-4-2)39-35-32-33-36-40-43(45)46/h10,28,34,38,42H,3-9,11-27,29-33,35-37,39-41H2,1-2H3,(H,45,46)/b28-10-,38-34-. The van der Waals surface area contributed by atoms with E-state index in [1.165, 1.54) is 154 Å². The number of allylic oxidation sites excluding steroid dienone is 3. The number of carboxylic acid groups (broad SMARTS) is 1. The molecule has 1 unspecified atom stereocenters. The summed E-state index contributed by atoms with van der Waals surface area (Å²) in [5, 5.41) is 8.82. The van der Waals surface area contributed by atoms with Crippen LogP contribution in [0, 0.1) is 0 Å². The minimum atomic E-state index is -0.725. The highest BCUT2D eigenvalue weighted by atomic mass is 16.5. The summed E-state index contributed by atoms with van der Waals surface area (Å²) in [6.45, 7) is 4.50. The van der Waals surface area contributed by atoms with Crippen LogP contribution in [0.4, 0.5) is 0 Å². The van der Waals surface area contributed by atoms with E-state index in [4.69, 9.17) is 9.84 Å². The van der Waals surface area contributed by atoms with Crippen LogP contribution < -0.4 is 0 Å². The van der Waals surface area contributed by atoms with Crippen molar-refractivity contribution in [3.8, 4) is 0 Å². The maximum atomic E-state index is 12.6. The van der Waals surface area contributed by atoms with E-state index >= 15 is 0 Å². The first-order chi connectivity index (χ1) is 23.6. The van der Waals surface area contributed by atoms with Crippen LogP contribution in [0.5, 0.6) is 0 Å². The molecule has 0 aliphatic rings. The average Bonchev–Trinajstić information content (AvgIpc) is 3.07. The second kappa shape index (κ2) is 39.9. The van der Waals surface area contributed by atoms with Gasteiger partial charge in [0.15, 0.2) is 0 Å². The molecule has 48 heavy (non-hydrogen) atoms. The predicted molar refractivity (Wildman–Crippen MR) is 209 cm³/mol. The summed E-state index contributed by atoms with van der Waals surface area (Å²) in [5.41, 5.74) is 0. The molecule has 0 rings (SSSR count). The van der Waals surface area contributed by atoms with Gasteiger partial charge in [0, 0.05) is 12.8 Å². The highest BCUT2D eigenvalue weighted by Crippen LogP contribution is 2.17. The normalized spacial score (nSPS) is 12.4. The molecule has 0 fully saturated rings. The number of rotatable bonds is 39. The van der Waals surface area contributed by atoms with E-state index in [2.05, 4.69) is 38.2 Å². The summed E-state index contributed by atoms with van der Waals surface area (Å²) in [5.74, 6) is -0.801. The number of carboxylic acids is 1. The van der Waals surface area contributed by atoms with Crippen molar-refractivity contribution < 1.29 is 19.4 Å². The fraction of sp³-hybridized carbons (Fsp3) is 0.864. The molecule has 0 aromatic rings. The van der Waals surface area contributed by atoms with E-state index in [0.717, 1.165) is 57.8 Å². The molecule has 0 aliphatic heterocycles. The molecule has 0 saturated carbocycles. The van der Waals surface area contributed by atoms with Gasteiger partial charge in [-0.2, -0.15) is 0 Å². The summed E-state index contributed by atoms with van der Waals surface area (Å²) in [6, 6.07) is 0. The summed E-state index contributed by atoms with van der Waals surface area (Å²) in [4.78, 5) is 23.3. The van der Waals surface area contributed by atoms with Gasteiger partial charge in [-0.3, -0.25) is 9.59 Å². The number of carbonyl (C=O) groups is 2. The van der Waals surface area contributed by atoms with Gasteiger partial charge in [-0.25, -0.2) is 0 Å². The number of hydrogen-bond acceptors (Lipinski definition) is 3. The SMILES string of the molecule is CCCC/C=C\C/C=C\C(CCCCCCC(=O)O)OC(=O)CCCCCCCCCCCCCCCCCCCCCCCCCC. The van der Waals surface area contributed by atoms with E-state index in [0.29, 0.717) is 6.42 Å². The largest absolute Gasteiger partial charge is 0.481 e. The first-order valence-electron chi connectivity index (χ1n) is 21.3. The minimum absolute atomic E-state index is 0.0761. The van der Waals surface area contributed by atoms with Crippen molar-refractivity contribution in [2.45, 2.75) is 245 Å². The molecule has 0 heterocycles. The van der Waals surface area contributed by atoms with E-state index in [1.807, 2.05) is 0 Å². The average molecular weight is 675 g/mol. The van der Waals surface area contributed by atoms with Gasteiger partial charge in [0.25, 0.3) is 0 Å². The van der Waals surface area contributed by atoms with Crippen LogP contribution in [0.25, 0.3) is 0 Å². The molecule has 1 N–H and O–H groups in total. The molecule has 282 valence electrons. The van der Waals surface area contributed by atoms with Crippen LogP contribution in [-0.4, -0.2) is 23.1 Å². The Hall–Kier alpha value is -1.58. The zero-order valence-corrected chi connectivity index (χ0v) is 32.3. The van der Waals surface area contributed by atoms with Crippen molar-refractivity contribution in [2.24, 2.45) is 0 Å². The van der Waals surface area contributed by atoms with Crippen LogP contribution in [0.2, 0.25) is 0 Å². The fourth-order valence-electron chi connectivity index (χ4n) is 6.47. The third-order valence-electron chi connectivity index (χ3n) is 9.66. The molecule has 0 spiro atoms. The lowest BCUT2D eigenvalue weighted by molar-refractivity contribution is -0.147. The van der Waals surface area contributed by atoms with E-state index < -0.39 is 5.97 Å². The first kappa shape index (κ1) is 46.4. The van der Waals surface area contributed by atoms with Gasteiger partial charge in [-0.1, -0.05) is 205 Å². The molecule has 1 atom stereocenters. The van der Waals surface area contributed by atoms with Gasteiger partial charge >= 0.3 is 11.9 Å². The zero-order chi connectivity index (χ0) is 35.0. The maximum absolute atomic E-state index is 12.6. The Morgan fingerprint density at radius 3 is 1.31 bits per heavy atom. The number of hydrogen-bond donors (Lipinski definition) is 1. The second-order valence-electron chi connectivity index (χ2n) is 14.5. The van der Waals surface area contributed by atoms with Crippen LogP contribution in [0.1, 0.15) is 239 Å². The summed E-state index contributed by atoms with van der Waals surface area (Å²) in [7, 11) is 0. The number of carbonyl (C=O) groups excluding carboxylic acids is 1. The molecular weight excluding hydrogens is 592 g/mol. The number of esters is 1. The lowest BCUT2D eigenvalue weighted by Gasteiger charge is -2.14. The van der Waals surface area contributed by atoms with Crippen molar-refractivity contribution in [3.05, 3.63) is 24.3 Å². The Balaban J connectivity index is 3.71. The van der Waals surface area contributed by atoms with Crippen LogP contribution in [-0.2, 0) is 14.3 Å². The third kappa shape index (κ3) is 38.9. The summed E-state index contributed by atoms with van der Waals surface area (Å²) < 4.78 is 5.85. The molecule has 0 radical (unpaired) electrons. The van der Waals surface area contributed by atoms with Crippen molar-refractivity contribution >= 4 is 11.9 Å². The first-order valence-corrected chi connectivity index (χ1v) is 21.3. The Morgan fingerprint density at radius 2 is 0.875 bits per heavy atom. The van der Waals surface area contributed by atoms with E-state index in [9.17, 15) is 9.59 Å². The smallest absolute Gasteiger partial charge is 0.306 e. The lowest BCUT2D eigenvalue weighted by Crippen LogP contribution is -2.16. The molecule has 0 aromatic carbocycles. The quantitative estimate of drug-likeness (QED) is 0.0400. The molecular formula is C44H82O4.